The Morgan fingerprint density at radius 1 is 1.03 bits per heavy atom. The quantitative estimate of drug-likeness (QED) is 0.371. The van der Waals surface area contributed by atoms with Crippen molar-refractivity contribution in [3.05, 3.63) is 78.1 Å². The summed E-state index contributed by atoms with van der Waals surface area (Å²) in [6, 6.07) is 17.7. The molecule has 0 radical (unpaired) electrons. The van der Waals surface area contributed by atoms with Crippen LogP contribution in [-0.4, -0.2) is 35.0 Å². The molecule has 0 aliphatic carbocycles. The van der Waals surface area contributed by atoms with Crippen molar-refractivity contribution in [3.8, 4) is 17.1 Å². The molecule has 3 rings (SSSR count). The van der Waals surface area contributed by atoms with Gasteiger partial charge in [0.05, 0.1) is 12.9 Å². The van der Waals surface area contributed by atoms with Gasteiger partial charge in [0.15, 0.2) is 0 Å². The Morgan fingerprint density at radius 2 is 1.81 bits per heavy atom. The highest BCUT2D eigenvalue weighted by atomic mass is 16.5. The van der Waals surface area contributed by atoms with E-state index in [-0.39, 0.29) is 13.0 Å². The maximum Gasteiger partial charge on any atom is 0.303 e. The molecule has 6 heteroatoms. The van der Waals surface area contributed by atoms with Gasteiger partial charge in [0.2, 0.25) is 0 Å². The molecule has 1 N–H and O–H groups in total. The first kappa shape index (κ1) is 20.4. The summed E-state index contributed by atoms with van der Waals surface area (Å²) >= 11 is 0. The number of rotatable bonds is 12. The fourth-order valence-electron chi connectivity index (χ4n) is 3.31. The molecule has 0 unspecified atom stereocenters. The molecule has 0 fully saturated rings. The van der Waals surface area contributed by atoms with Crippen molar-refractivity contribution in [1.29, 1.82) is 0 Å². The van der Waals surface area contributed by atoms with E-state index in [0.717, 1.165) is 12.0 Å². The predicted octanol–water partition coefficient (Wildman–Crippen LogP) is 5.63. The number of carboxylic acid groups (broad SMARTS) is 1. The number of carbonyl (C=O) groups is 2. The third kappa shape index (κ3) is 6.48. The predicted molar refractivity (Wildman–Crippen MR) is 123 cm³/mol. The Kier molecular flexibility index (Phi) is 7.48. The zero-order chi connectivity index (χ0) is 24.6. The van der Waals surface area contributed by atoms with Crippen molar-refractivity contribution >= 4 is 11.9 Å². The monoisotopic (exact) mass is 437 g/mol. The lowest BCUT2D eigenvalue weighted by Gasteiger charge is -2.22. The average Bonchev–Trinajstić information content (AvgIpc) is 3.34. The minimum atomic E-state index is -1.90. The molecule has 0 spiro atoms. The maximum absolute atomic E-state index is 13.3. The van der Waals surface area contributed by atoms with E-state index in [0.29, 0.717) is 42.1 Å². The molecule has 1 heterocycles. The average molecular weight is 438 g/mol. The van der Waals surface area contributed by atoms with Crippen LogP contribution in [0.5, 0.6) is 5.75 Å². The van der Waals surface area contributed by atoms with E-state index < -0.39 is 18.4 Å². The van der Waals surface area contributed by atoms with Crippen molar-refractivity contribution in [2.75, 3.05) is 13.1 Å². The second-order valence-corrected chi connectivity index (χ2v) is 7.33. The molecule has 168 valence electrons. The third-order valence-corrected chi connectivity index (χ3v) is 5.05. The first-order valence-electron chi connectivity index (χ1n) is 11.6. The number of carboxylic acids is 1. The van der Waals surface area contributed by atoms with Gasteiger partial charge in [-0.2, -0.15) is 0 Å². The Morgan fingerprint density at radius 3 is 2.50 bits per heavy atom. The zero-order valence-electron chi connectivity index (χ0n) is 20.1. The van der Waals surface area contributed by atoms with E-state index in [2.05, 4.69) is 0 Å². The molecular formula is C26H29NO5. The summed E-state index contributed by atoms with van der Waals surface area (Å²) in [6.45, 7) is -0.0932. The largest absolute Gasteiger partial charge is 0.493 e. The number of aliphatic carboxylic acids is 1. The molecule has 3 aromatic rings. The summed E-state index contributed by atoms with van der Waals surface area (Å²) in [5, 5.41) is 8.72. The fraction of sp³-hybridized carbons (Fsp3) is 0.308. The van der Waals surface area contributed by atoms with E-state index in [1.807, 2.05) is 24.3 Å². The highest BCUT2D eigenvalue weighted by Crippen LogP contribution is 2.23. The standard InChI is InChI=1S/C26H29NO5/c1-2-27(26(30)21-15-13-20(14-16-21)23-11-8-18-32-23)19-22-9-5-6-10-24(22)31-17-7-3-4-12-25(28)29/h5-6,8-11,13-16,18H,2-4,7,12,17,19H2,1H3,(H,28,29)/i2D2. The molecular weight excluding hydrogens is 406 g/mol. The van der Waals surface area contributed by atoms with Crippen LogP contribution in [0.4, 0.5) is 0 Å². The lowest BCUT2D eigenvalue weighted by molar-refractivity contribution is -0.137. The number of nitrogens with zero attached hydrogens (tertiary/aromatic N) is 1. The molecule has 1 aromatic heterocycles. The number of hydrogen-bond donors (Lipinski definition) is 1. The highest BCUT2D eigenvalue weighted by molar-refractivity contribution is 5.94. The van der Waals surface area contributed by atoms with E-state index in [4.69, 9.17) is 17.0 Å². The van der Waals surface area contributed by atoms with Crippen LogP contribution in [0.25, 0.3) is 11.3 Å². The minimum absolute atomic E-state index is 0.0391. The van der Waals surface area contributed by atoms with Crippen LogP contribution in [0.3, 0.4) is 0 Å². The summed E-state index contributed by atoms with van der Waals surface area (Å²) in [5.41, 5.74) is 1.90. The molecule has 1 amide bonds. The van der Waals surface area contributed by atoms with Crippen LogP contribution >= 0.6 is 0 Å². The summed E-state index contributed by atoms with van der Waals surface area (Å²) in [4.78, 5) is 25.1. The molecule has 0 atom stereocenters. The molecule has 0 aliphatic heterocycles. The van der Waals surface area contributed by atoms with E-state index in [1.54, 1.807) is 42.7 Å². The lowest BCUT2D eigenvalue weighted by atomic mass is 10.1. The second kappa shape index (κ2) is 11.7. The third-order valence-electron chi connectivity index (χ3n) is 5.05. The Bertz CT molecular complexity index is 1080. The SMILES string of the molecule is [2H]C([2H])(C)N(Cc1ccccc1OCCCCCC(=O)O)C(=O)c1ccc(-c2ccco2)cc1. The summed E-state index contributed by atoms with van der Waals surface area (Å²) in [5.74, 6) is 0.0362. The van der Waals surface area contributed by atoms with Crippen LogP contribution < -0.4 is 4.74 Å². The summed E-state index contributed by atoms with van der Waals surface area (Å²) in [6.07, 6.45) is 3.77. The van der Waals surface area contributed by atoms with Crippen molar-refractivity contribution in [2.45, 2.75) is 39.2 Å². The van der Waals surface area contributed by atoms with Gasteiger partial charge in [-0.3, -0.25) is 9.59 Å². The van der Waals surface area contributed by atoms with Gasteiger partial charge < -0.3 is 19.2 Å². The van der Waals surface area contributed by atoms with Crippen LogP contribution in [0, 0.1) is 0 Å². The van der Waals surface area contributed by atoms with Crippen molar-refractivity contribution in [3.63, 3.8) is 0 Å². The van der Waals surface area contributed by atoms with Gasteiger partial charge in [0.25, 0.3) is 5.91 Å². The molecule has 0 aliphatic rings. The number of ether oxygens (including phenoxy) is 1. The zero-order valence-corrected chi connectivity index (χ0v) is 18.1. The van der Waals surface area contributed by atoms with Gasteiger partial charge in [0.1, 0.15) is 11.5 Å². The van der Waals surface area contributed by atoms with Crippen LogP contribution in [-0.2, 0) is 11.3 Å². The highest BCUT2D eigenvalue weighted by Gasteiger charge is 2.17. The topological polar surface area (TPSA) is 80.0 Å². The van der Waals surface area contributed by atoms with E-state index in [9.17, 15) is 9.59 Å². The number of amides is 1. The van der Waals surface area contributed by atoms with Crippen molar-refractivity contribution < 1.29 is 26.6 Å². The second-order valence-electron chi connectivity index (χ2n) is 7.33. The molecule has 2 aromatic carbocycles. The molecule has 0 bridgehead atoms. The van der Waals surface area contributed by atoms with Gasteiger partial charge in [0, 0.05) is 38.9 Å². The van der Waals surface area contributed by atoms with Gasteiger partial charge >= 0.3 is 5.97 Å². The number of furan rings is 1. The maximum atomic E-state index is 13.3. The number of hydrogen-bond acceptors (Lipinski definition) is 4. The first-order chi connectivity index (χ1) is 16.3. The van der Waals surface area contributed by atoms with Gasteiger partial charge in [-0.15, -0.1) is 0 Å². The first-order valence-corrected chi connectivity index (χ1v) is 10.6. The molecule has 32 heavy (non-hydrogen) atoms. The van der Waals surface area contributed by atoms with Gasteiger partial charge in [-0.25, -0.2) is 0 Å². The normalized spacial score (nSPS) is 12.0. The smallest absolute Gasteiger partial charge is 0.303 e. The minimum Gasteiger partial charge on any atom is -0.493 e. The fourth-order valence-corrected chi connectivity index (χ4v) is 3.31. The summed E-state index contributed by atoms with van der Waals surface area (Å²) in [7, 11) is 0. The van der Waals surface area contributed by atoms with Gasteiger partial charge in [-0.05, 0) is 56.5 Å². The number of unbranched alkanes of at least 4 members (excludes halogenated alkanes) is 2. The van der Waals surface area contributed by atoms with Crippen molar-refractivity contribution in [2.24, 2.45) is 0 Å². The number of benzene rings is 2. The summed E-state index contributed by atoms with van der Waals surface area (Å²) < 4.78 is 27.8. The van der Waals surface area contributed by atoms with Gasteiger partial charge in [-0.1, -0.05) is 30.3 Å². The van der Waals surface area contributed by atoms with Crippen LogP contribution in [0.2, 0.25) is 0 Å². The lowest BCUT2D eigenvalue weighted by Crippen LogP contribution is -2.30. The molecule has 0 saturated heterocycles. The van der Waals surface area contributed by atoms with E-state index in [1.165, 1.54) is 11.8 Å². The van der Waals surface area contributed by atoms with Crippen LogP contribution in [0.1, 0.15) is 51.3 Å². The Balaban J connectivity index is 1.69. The molecule has 6 nitrogen and oxygen atoms in total. The number of para-hydroxylation sites is 1. The number of carbonyl (C=O) groups excluding carboxylic acids is 1. The Labute approximate surface area is 191 Å². The molecule has 0 saturated carbocycles. The van der Waals surface area contributed by atoms with Crippen LogP contribution in [0.15, 0.2) is 71.3 Å². The van der Waals surface area contributed by atoms with E-state index >= 15 is 0 Å². The van der Waals surface area contributed by atoms with Crippen molar-refractivity contribution in [1.82, 2.24) is 4.90 Å². The Hall–Kier alpha value is -3.54.